The first-order valence-electron chi connectivity index (χ1n) is 4.51. The molecule has 1 heterocycles. The molecule has 0 aromatic rings. The van der Waals surface area contributed by atoms with Crippen LogP contribution in [0.3, 0.4) is 0 Å². The molecular formula is C9H14O2. The first-order chi connectivity index (χ1) is 5.33. The lowest BCUT2D eigenvalue weighted by atomic mass is 9.91. The Kier molecular flexibility index (Phi) is 1.72. The maximum atomic E-state index is 11.4. The Bertz CT molecular complexity index is 168. The summed E-state index contributed by atoms with van der Waals surface area (Å²) < 4.78 is 5.59. The summed E-state index contributed by atoms with van der Waals surface area (Å²) in [4.78, 5) is 11.4. The van der Waals surface area contributed by atoms with Crippen molar-refractivity contribution in [2.24, 2.45) is 0 Å². The lowest BCUT2D eigenvalue weighted by Gasteiger charge is -2.31. The number of Topliss-reactive ketones (excluding diaryl/α,β-unsaturated/α-hetero) is 1. The van der Waals surface area contributed by atoms with Crippen molar-refractivity contribution in [1.29, 1.82) is 0 Å². The molecule has 1 saturated carbocycles. The molecule has 0 bridgehead atoms. The first kappa shape index (κ1) is 7.29. The van der Waals surface area contributed by atoms with E-state index >= 15 is 0 Å². The van der Waals surface area contributed by atoms with Gasteiger partial charge in [-0.25, -0.2) is 0 Å². The minimum absolute atomic E-state index is 0.307. The van der Waals surface area contributed by atoms with Crippen molar-refractivity contribution in [1.82, 2.24) is 0 Å². The second-order valence-electron chi connectivity index (χ2n) is 3.58. The van der Waals surface area contributed by atoms with Crippen molar-refractivity contribution in [3.8, 4) is 0 Å². The molecule has 0 radical (unpaired) electrons. The molecule has 1 saturated heterocycles. The van der Waals surface area contributed by atoms with Gasteiger partial charge in [-0.05, 0) is 32.1 Å². The van der Waals surface area contributed by atoms with Gasteiger partial charge in [-0.1, -0.05) is 0 Å². The normalized spacial score (nSPS) is 38.4. The highest BCUT2D eigenvalue weighted by Gasteiger charge is 2.43. The van der Waals surface area contributed by atoms with Crippen LogP contribution in [-0.4, -0.2) is 18.0 Å². The second kappa shape index (κ2) is 2.59. The molecule has 62 valence electrons. The third-order valence-electron chi connectivity index (χ3n) is 2.85. The van der Waals surface area contributed by atoms with Crippen LogP contribution in [0.2, 0.25) is 0 Å². The summed E-state index contributed by atoms with van der Waals surface area (Å²) in [6, 6.07) is 0. The first-order valence-corrected chi connectivity index (χ1v) is 4.51. The molecule has 2 nitrogen and oxygen atoms in total. The third-order valence-corrected chi connectivity index (χ3v) is 2.85. The smallest absolute Gasteiger partial charge is 0.164 e. The predicted octanol–water partition coefficient (Wildman–Crippen LogP) is 1.68. The van der Waals surface area contributed by atoms with Gasteiger partial charge in [0.15, 0.2) is 5.78 Å². The topological polar surface area (TPSA) is 26.3 Å². The Morgan fingerprint density at radius 2 is 2.00 bits per heavy atom. The zero-order chi connectivity index (χ0) is 7.73. The Morgan fingerprint density at radius 3 is 2.55 bits per heavy atom. The van der Waals surface area contributed by atoms with Crippen molar-refractivity contribution in [3.63, 3.8) is 0 Å². The quantitative estimate of drug-likeness (QED) is 0.530. The summed E-state index contributed by atoms with van der Waals surface area (Å²) in [5, 5.41) is 0. The van der Waals surface area contributed by atoms with E-state index in [-0.39, 0.29) is 5.60 Å². The number of ketones is 1. The highest BCUT2D eigenvalue weighted by Crippen LogP contribution is 2.37. The Labute approximate surface area is 66.9 Å². The molecule has 11 heavy (non-hydrogen) atoms. The highest BCUT2D eigenvalue weighted by molar-refractivity contribution is 5.89. The molecule has 1 spiro atoms. The summed E-state index contributed by atoms with van der Waals surface area (Å²) in [5.41, 5.74) is -0.307. The number of ether oxygens (including phenoxy) is 1. The van der Waals surface area contributed by atoms with E-state index in [0.29, 0.717) is 5.78 Å². The van der Waals surface area contributed by atoms with Gasteiger partial charge in [-0.15, -0.1) is 0 Å². The molecule has 2 heteroatoms. The van der Waals surface area contributed by atoms with E-state index in [0.717, 1.165) is 38.7 Å². The van der Waals surface area contributed by atoms with Crippen LogP contribution in [0.5, 0.6) is 0 Å². The number of hydrogen-bond donors (Lipinski definition) is 0. The van der Waals surface area contributed by atoms with Crippen molar-refractivity contribution in [2.45, 2.75) is 44.1 Å². The Balaban J connectivity index is 2.12. The van der Waals surface area contributed by atoms with E-state index in [4.69, 9.17) is 4.74 Å². The maximum absolute atomic E-state index is 11.4. The molecule has 0 N–H and O–H groups in total. The van der Waals surface area contributed by atoms with Gasteiger partial charge in [0.1, 0.15) is 5.60 Å². The lowest BCUT2D eigenvalue weighted by molar-refractivity contribution is -0.145. The molecule has 2 aliphatic rings. The van der Waals surface area contributed by atoms with Crippen LogP contribution < -0.4 is 0 Å². The van der Waals surface area contributed by atoms with Crippen molar-refractivity contribution >= 4 is 5.78 Å². The lowest BCUT2D eigenvalue weighted by Crippen LogP contribution is -2.39. The number of carbonyl (C=O) groups excluding carboxylic acids is 1. The van der Waals surface area contributed by atoms with Gasteiger partial charge in [0.25, 0.3) is 0 Å². The fourth-order valence-corrected chi connectivity index (χ4v) is 2.17. The van der Waals surface area contributed by atoms with E-state index in [1.165, 1.54) is 6.42 Å². The molecule has 0 amide bonds. The van der Waals surface area contributed by atoms with Crippen LogP contribution in [0.4, 0.5) is 0 Å². The van der Waals surface area contributed by atoms with Gasteiger partial charge in [-0.3, -0.25) is 4.79 Å². The number of rotatable bonds is 0. The fraction of sp³-hybridized carbons (Fsp3) is 0.889. The highest BCUT2D eigenvalue weighted by atomic mass is 16.5. The largest absolute Gasteiger partial charge is 0.367 e. The minimum Gasteiger partial charge on any atom is -0.367 e. The zero-order valence-electron chi connectivity index (χ0n) is 6.77. The molecule has 2 fully saturated rings. The summed E-state index contributed by atoms with van der Waals surface area (Å²) in [5.74, 6) is 0.359. The average molecular weight is 154 g/mol. The molecular weight excluding hydrogens is 140 g/mol. The van der Waals surface area contributed by atoms with Crippen molar-refractivity contribution in [2.75, 3.05) is 6.61 Å². The third kappa shape index (κ3) is 1.09. The Morgan fingerprint density at radius 1 is 1.18 bits per heavy atom. The van der Waals surface area contributed by atoms with Crippen LogP contribution >= 0.6 is 0 Å². The van der Waals surface area contributed by atoms with E-state index < -0.39 is 0 Å². The summed E-state index contributed by atoms with van der Waals surface area (Å²) in [6.45, 7) is 0.797. The van der Waals surface area contributed by atoms with Gasteiger partial charge in [-0.2, -0.15) is 0 Å². The molecule has 0 aromatic carbocycles. The maximum Gasteiger partial charge on any atom is 0.164 e. The molecule has 2 rings (SSSR count). The van der Waals surface area contributed by atoms with E-state index in [1.807, 2.05) is 0 Å². The van der Waals surface area contributed by atoms with Gasteiger partial charge in [0.2, 0.25) is 0 Å². The second-order valence-corrected chi connectivity index (χ2v) is 3.58. The molecule has 0 unspecified atom stereocenters. The molecule has 1 atom stereocenters. The van der Waals surface area contributed by atoms with Crippen LogP contribution in [0.1, 0.15) is 38.5 Å². The van der Waals surface area contributed by atoms with Gasteiger partial charge in [0.05, 0.1) is 0 Å². The zero-order valence-corrected chi connectivity index (χ0v) is 6.77. The summed E-state index contributed by atoms with van der Waals surface area (Å²) in [7, 11) is 0. The fourth-order valence-electron chi connectivity index (χ4n) is 2.17. The van der Waals surface area contributed by atoms with E-state index in [2.05, 4.69) is 0 Å². The summed E-state index contributed by atoms with van der Waals surface area (Å²) in [6.07, 6.45) is 6.05. The Hall–Kier alpha value is -0.370. The van der Waals surface area contributed by atoms with Crippen LogP contribution in [0.25, 0.3) is 0 Å². The molecule has 0 aromatic heterocycles. The SMILES string of the molecule is O=C1CCC[C@@]12CCCCO2. The van der Waals surface area contributed by atoms with Gasteiger partial charge < -0.3 is 4.74 Å². The molecule has 1 aliphatic carbocycles. The van der Waals surface area contributed by atoms with E-state index in [9.17, 15) is 4.79 Å². The average Bonchev–Trinajstić information content (AvgIpc) is 2.36. The van der Waals surface area contributed by atoms with E-state index in [1.54, 1.807) is 0 Å². The minimum atomic E-state index is -0.307. The van der Waals surface area contributed by atoms with Crippen LogP contribution in [0, 0.1) is 0 Å². The van der Waals surface area contributed by atoms with Crippen LogP contribution in [-0.2, 0) is 9.53 Å². The van der Waals surface area contributed by atoms with Crippen molar-refractivity contribution < 1.29 is 9.53 Å². The van der Waals surface area contributed by atoms with Crippen molar-refractivity contribution in [3.05, 3.63) is 0 Å². The standard InChI is InChI=1S/C9H14O2/c10-8-4-3-6-9(8)5-1-2-7-11-9/h1-7H2/t9-/m0/s1. The predicted molar refractivity (Wildman–Crippen MR) is 41.4 cm³/mol. The molecule has 1 aliphatic heterocycles. The number of hydrogen-bond acceptors (Lipinski definition) is 2. The van der Waals surface area contributed by atoms with Crippen LogP contribution in [0.15, 0.2) is 0 Å². The number of carbonyl (C=O) groups is 1. The summed E-state index contributed by atoms with van der Waals surface area (Å²) >= 11 is 0. The van der Waals surface area contributed by atoms with Gasteiger partial charge in [0, 0.05) is 13.0 Å². The van der Waals surface area contributed by atoms with Gasteiger partial charge >= 0.3 is 0 Å². The monoisotopic (exact) mass is 154 g/mol.